The molecule has 32 heavy (non-hydrogen) atoms. The first-order valence-electron chi connectivity index (χ1n) is 12.2. The van der Waals surface area contributed by atoms with Crippen molar-refractivity contribution in [1.29, 1.82) is 0 Å². The Morgan fingerprint density at radius 1 is 0.562 bits per heavy atom. The van der Waals surface area contributed by atoms with Gasteiger partial charge in [0.25, 0.3) is 0 Å². The zero-order valence-electron chi connectivity index (χ0n) is 17.2. The van der Waals surface area contributed by atoms with E-state index in [9.17, 15) is 9.59 Å². The largest absolute Gasteiger partial charge is 0.457 e. The van der Waals surface area contributed by atoms with E-state index in [2.05, 4.69) is 63.7 Å². The summed E-state index contributed by atoms with van der Waals surface area (Å²) in [5.41, 5.74) is -0.819. The molecule has 0 N–H and O–H groups in total. The third-order valence-corrected chi connectivity index (χ3v) is 20.5. The SMILES string of the molecule is CC(=O)OC12C3C4C5C6C7C4C1(Br)C1C4C8C(C71Br)C6(Br)C1(OC(C)=O)C5C3C(Br)(C42)C81. The Morgan fingerprint density at radius 2 is 0.938 bits per heavy atom. The molecule has 0 radical (unpaired) electrons. The standard InChI is InChI=1S/C24H20Br4O4/c1-3(29)31-23-11-5-6-10-13-9(5)21(23,27)15-7-8-16(19(13,15)25)22(10,28)24(32-4(2)30)12(6)14(11)20(26,17(7)23)18(8)24/h5-18H,1-2H3. The molecule has 8 heteroatoms. The fourth-order valence-electron chi connectivity index (χ4n) is 15.9. The maximum absolute atomic E-state index is 12.8. The van der Waals surface area contributed by atoms with Gasteiger partial charge in [-0.25, -0.2) is 0 Å². The minimum absolute atomic E-state index is 0.0480. The van der Waals surface area contributed by atoms with Crippen molar-refractivity contribution in [3.63, 3.8) is 0 Å². The number of esters is 2. The van der Waals surface area contributed by atoms with Crippen LogP contribution in [0.1, 0.15) is 13.8 Å². The van der Waals surface area contributed by atoms with Crippen LogP contribution in [0.25, 0.3) is 0 Å². The van der Waals surface area contributed by atoms with Crippen molar-refractivity contribution >= 4 is 75.7 Å². The predicted molar refractivity (Wildman–Crippen MR) is 124 cm³/mol. The normalized spacial score (nSPS) is 85.6. The van der Waals surface area contributed by atoms with Gasteiger partial charge in [-0.15, -0.1) is 0 Å². The lowest BCUT2D eigenvalue weighted by Gasteiger charge is -2.49. The number of halogens is 4. The summed E-state index contributed by atoms with van der Waals surface area (Å²) < 4.78 is 13.2. The van der Waals surface area contributed by atoms with Crippen molar-refractivity contribution in [1.82, 2.24) is 0 Å². The maximum atomic E-state index is 12.8. The quantitative estimate of drug-likeness (QED) is 0.326. The molecule has 0 amide bonds. The molecule has 0 aromatic heterocycles. The molecule has 12 aliphatic carbocycles. The van der Waals surface area contributed by atoms with Crippen molar-refractivity contribution in [3.8, 4) is 0 Å². The Hall–Kier alpha value is 0.860. The molecule has 16 unspecified atom stereocenters. The molecule has 12 rings (SSSR count). The van der Waals surface area contributed by atoms with Crippen LogP contribution < -0.4 is 0 Å². The fraction of sp³-hybridized carbons (Fsp3) is 0.917. The maximum Gasteiger partial charge on any atom is 0.303 e. The van der Waals surface area contributed by atoms with E-state index in [-0.39, 0.29) is 29.2 Å². The highest BCUT2D eigenvalue weighted by Gasteiger charge is 3.15. The summed E-state index contributed by atoms with van der Waals surface area (Å²) in [4.78, 5) is 25.5. The topological polar surface area (TPSA) is 52.6 Å². The Kier molecular flexibility index (Phi) is 2.28. The number of carbonyl (C=O) groups excluding carboxylic acids is 2. The van der Waals surface area contributed by atoms with Crippen LogP contribution in [0.2, 0.25) is 0 Å². The van der Waals surface area contributed by atoms with E-state index in [0.717, 1.165) is 0 Å². The van der Waals surface area contributed by atoms with Crippen LogP contribution in [0.4, 0.5) is 0 Å². The van der Waals surface area contributed by atoms with Gasteiger partial charge in [-0.1, -0.05) is 63.7 Å². The summed E-state index contributed by atoms with van der Waals surface area (Å²) in [5, 5.41) is 0. The van der Waals surface area contributed by atoms with Crippen molar-refractivity contribution in [2.45, 2.75) is 42.3 Å². The van der Waals surface area contributed by atoms with E-state index < -0.39 is 11.2 Å². The van der Waals surface area contributed by atoms with Gasteiger partial charge in [0.1, 0.15) is 11.2 Å². The smallest absolute Gasteiger partial charge is 0.303 e. The highest BCUT2D eigenvalue weighted by atomic mass is 79.9. The Bertz CT molecular complexity index is 1140. The molecule has 12 saturated carbocycles. The Morgan fingerprint density at radius 3 is 1.34 bits per heavy atom. The average Bonchev–Trinajstić information content (AvgIpc) is 3.48. The molecule has 4 nitrogen and oxygen atoms in total. The van der Waals surface area contributed by atoms with Gasteiger partial charge in [-0.2, -0.15) is 0 Å². The number of rotatable bonds is 2. The number of carbonyl (C=O) groups is 2. The van der Waals surface area contributed by atoms with Crippen molar-refractivity contribution in [2.75, 3.05) is 0 Å². The molecule has 0 aromatic carbocycles. The van der Waals surface area contributed by atoms with Crippen LogP contribution in [0, 0.1) is 82.9 Å². The van der Waals surface area contributed by atoms with E-state index >= 15 is 0 Å². The van der Waals surface area contributed by atoms with Crippen LogP contribution in [0.3, 0.4) is 0 Å². The van der Waals surface area contributed by atoms with Gasteiger partial charge in [0, 0.05) is 46.2 Å². The van der Waals surface area contributed by atoms with Gasteiger partial charge in [0.15, 0.2) is 0 Å². The number of hydrogen-bond donors (Lipinski definition) is 0. The van der Waals surface area contributed by atoms with Crippen molar-refractivity contribution in [2.24, 2.45) is 82.9 Å². The van der Waals surface area contributed by atoms with Crippen LogP contribution in [-0.4, -0.2) is 40.4 Å². The van der Waals surface area contributed by atoms with Gasteiger partial charge in [0.2, 0.25) is 0 Å². The molecule has 168 valence electrons. The molecule has 12 aliphatic rings. The summed E-state index contributed by atoms with van der Waals surface area (Å²) in [6.45, 7) is 3.24. The molecule has 0 heterocycles. The van der Waals surface area contributed by atoms with E-state index in [4.69, 9.17) is 9.47 Å². The second kappa shape index (κ2) is 4.02. The van der Waals surface area contributed by atoms with Gasteiger partial charge < -0.3 is 9.47 Å². The highest BCUT2D eigenvalue weighted by Crippen LogP contribution is 3.09. The van der Waals surface area contributed by atoms with Crippen LogP contribution in [0.15, 0.2) is 0 Å². The van der Waals surface area contributed by atoms with Crippen LogP contribution in [-0.2, 0) is 19.1 Å². The van der Waals surface area contributed by atoms with E-state index in [0.29, 0.717) is 82.9 Å². The van der Waals surface area contributed by atoms with Crippen molar-refractivity contribution in [3.05, 3.63) is 0 Å². The lowest BCUT2D eigenvalue weighted by atomic mass is 9.72. The monoisotopic (exact) mass is 688 g/mol. The second-order valence-corrected chi connectivity index (χ2v) is 18.7. The molecule has 12 fully saturated rings. The Labute approximate surface area is 218 Å². The minimum Gasteiger partial charge on any atom is -0.457 e. The number of ether oxygens (including phenoxy) is 2. The summed E-state index contributed by atoms with van der Waals surface area (Å²) >= 11 is 18.0. The van der Waals surface area contributed by atoms with Crippen LogP contribution >= 0.6 is 63.7 Å². The lowest BCUT2D eigenvalue weighted by Crippen LogP contribution is -2.61. The number of alkyl halides is 4. The third kappa shape index (κ3) is 0.965. The van der Waals surface area contributed by atoms with E-state index in [1.165, 1.54) is 0 Å². The highest BCUT2D eigenvalue weighted by molar-refractivity contribution is 9.11. The van der Waals surface area contributed by atoms with Crippen LogP contribution in [0.5, 0.6) is 0 Å². The summed E-state index contributed by atoms with van der Waals surface area (Å²) in [5.74, 6) is 6.39. The summed E-state index contributed by atoms with van der Waals surface area (Å²) in [6, 6.07) is 0. The van der Waals surface area contributed by atoms with Gasteiger partial charge in [-0.05, 0) is 59.2 Å². The first-order chi connectivity index (χ1) is 15.0. The molecule has 0 bridgehead atoms. The summed E-state index contributed by atoms with van der Waals surface area (Å²) in [6.07, 6.45) is 0. The van der Waals surface area contributed by atoms with Gasteiger partial charge in [0.05, 0.1) is 8.65 Å². The third-order valence-electron chi connectivity index (χ3n) is 14.2. The lowest BCUT2D eigenvalue weighted by molar-refractivity contribution is -0.172. The molecule has 0 aromatic rings. The summed E-state index contributed by atoms with van der Waals surface area (Å²) in [7, 11) is 0. The van der Waals surface area contributed by atoms with Crippen molar-refractivity contribution < 1.29 is 19.1 Å². The first-order valence-corrected chi connectivity index (χ1v) is 15.4. The number of hydrogen-bond acceptors (Lipinski definition) is 4. The fourth-order valence-corrected chi connectivity index (χ4v) is 24.0. The minimum atomic E-state index is -0.409. The molecular weight excluding hydrogens is 672 g/mol. The molecule has 0 saturated heterocycles. The van der Waals surface area contributed by atoms with E-state index in [1.807, 2.05) is 0 Å². The zero-order chi connectivity index (χ0) is 21.7. The van der Waals surface area contributed by atoms with E-state index in [1.54, 1.807) is 13.8 Å². The van der Waals surface area contributed by atoms with Gasteiger partial charge >= 0.3 is 11.9 Å². The average molecular weight is 692 g/mol. The zero-order valence-corrected chi connectivity index (χ0v) is 23.6. The second-order valence-electron chi connectivity index (χ2n) is 13.3. The Balaban J connectivity index is 1.37. The molecule has 0 spiro atoms. The van der Waals surface area contributed by atoms with Gasteiger partial charge in [-0.3, -0.25) is 9.59 Å². The molecule has 16 atom stereocenters. The predicted octanol–water partition coefficient (Wildman–Crippen LogP) is 3.90. The first kappa shape index (κ1) is 18.2. The molecule has 0 aliphatic heterocycles. The molecular formula is C24H20Br4O4.